The van der Waals surface area contributed by atoms with E-state index in [0.29, 0.717) is 36.2 Å². The minimum absolute atomic E-state index is 0. The number of Topliss-reactive ketones (excluding diaryl/α,β-unsaturated/α-hetero) is 1. The molecule has 3 rings (SSSR count). The van der Waals surface area contributed by atoms with Crippen LogP contribution in [-0.4, -0.2) is 78.1 Å². The van der Waals surface area contributed by atoms with E-state index in [4.69, 9.17) is 33.4 Å². The lowest BCUT2D eigenvalue weighted by molar-refractivity contribution is -0.152. The van der Waals surface area contributed by atoms with Gasteiger partial charge in [0.2, 0.25) is 0 Å². The molecule has 1 unspecified atom stereocenters. The molecule has 0 saturated carbocycles. The van der Waals surface area contributed by atoms with Crippen molar-refractivity contribution in [2.45, 2.75) is 81.6 Å². The molecule has 1 atom stereocenters. The zero-order chi connectivity index (χ0) is 39.5. The summed E-state index contributed by atoms with van der Waals surface area (Å²) in [6.45, 7) is 12.6. The molecule has 3 aromatic rings. The fourth-order valence-corrected chi connectivity index (χ4v) is 4.10. The summed E-state index contributed by atoms with van der Waals surface area (Å²) in [7, 11) is -3.67. The molecule has 0 fully saturated rings. The van der Waals surface area contributed by atoms with E-state index in [9.17, 15) is 37.5 Å². The molecular weight excluding hydrogens is 704 g/mol. The molecule has 1 aromatic heterocycles. The number of rotatable bonds is 11. The van der Waals surface area contributed by atoms with Crippen LogP contribution < -0.4 is 5.63 Å². The summed E-state index contributed by atoms with van der Waals surface area (Å²) in [5.74, 6) is -2.14. The lowest BCUT2D eigenvalue weighted by Crippen LogP contribution is -2.25. The number of hydrogen-bond donors (Lipinski definition) is 4. The number of hydrogen-bond acceptors (Lipinski definition) is 14. The highest BCUT2D eigenvalue weighted by molar-refractivity contribution is 7.85. The van der Waals surface area contributed by atoms with E-state index in [2.05, 4.69) is 0 Å². The zero-order valence-corrected chi connectivity index (χ0v) is 30.9. The topological polar surface area (TPSA) is 241 Å². The Morgan fingerprint density at radius 3 is 1.77 bits per heavy atom. The average molecular weight is 757 g/mol. The monoisotopic (exact) mass is 756 g/mol. The van der Waals surface area contributed by atoms with Crippen LogP contribution in [0.1, 0.15) is 76.6 Å². The standard InChI is InChI=1S/C16H18O5.C11H18O5.C7H8O2.CH4O3S.CH4/c1-4-20-15(18)6-5-11-10(3)12-7-9(2)13(17)8-14(12)21-16(11)19;1-4-15-10(13)7-6-9(8(3)12)11(14)16-5-2;1-5-2-3-6(8)4-7(5)9;1-5(2,3)4;/h7-8,17H,4-6H2,1-3H3;9H,4-7H2,1-3H3;2-4,8-9H,1H3;1H3,(H,2,3,4);1H4. The molecule has 1 heterocycles. The van der Waals surface area contributed by atoms with Gasteiger partial charge in [-0.3, -0.25) is 23.7 Å². The van der Waals surface area contributed by atoms with Crippen molar-refractivity contribution in [2.24, 2.45) is 5.92 Å². The van der Waals surface area contributed by atoms with E-state index in [-0.39, 0.29) is 68.7 Å². The number of fused-ring (bicyclic) bond motifs is 1. The summed E-state index contributed by atoms with van der Waals surface area (Å²) in [5, 5.41) is 28.2. The predicted octanol–water partition coefficient (Wildman–Crippen LogP) is 5.26. The smallest absolute Gasteiger partial charge is 0.339 e. The SMILES string of the molecule is C.CCOC(=O)CCC(C(C)=O)C(=O)OCC.CCOC(=O)CCc1c(C)c2cc(C)c(O)cc2oc1=O.CS(=O)(=O)O.Cc1ccc(O)cc1O. The van der Waals surface area contributed by atoms with Gasteiger partial charge in [0.1, 0.15) is 34.5 Å². The van der Waals surface area contributed by atoms with Crippen molar-refractivity contribution >= 4 is 44.8 Å². The summed E-state index contributed by atoms with van der Waals surface area (Å²) >= 11 is 0. The van der Waals surface area contributed by atoms with E-state index in [1.807, 2.05) is 6.92 Å². The van der Waals surface area contributed by atoms with Crippen LogP contribution in [-0.2, 0) is 49.9 Å². The first-order valence-electron chi connectivity index (χ1n) is 15.8. The number of esters is 3. The number of carbonyl (C=O) groups excluding carboxylic acids is 4. The number of ether oxygens (including phenoxy) is 3. The Kier molecular flexibility index (Phi) is 22.9. The van der Waals surface area contributed by atoms with Gasteiger partial charge in [-0.2, -0.15) is 8.42 Å². The van der Waals surface area contributed by atoms with Gasteiger partial charge in [0.25, 0.3) is 10.1 Å². The zero-order valence-electron chi connectivity index (χ0n) is 30.1. The van der Waals surface area contributed by atoms with Gasteiger partial charge in [0, 0.05) is 35.9 Å². The Hall–Kier alpha value is -4.96. The maximum Gasteiger partial charge on any atom is 0.339 e. The third kappa shape index (κ3) is 19.4. The van der Waals surface area contributed by atoms with E-state index < -0.39 is 33.6 Å². The molecular formula is C36H52O15S. The average Bonchev–Trinajstić information content (AvgIpc) is 3.00. The minimum Gasteiger partial charge on any atom is -0.508 e. The Bertz CT molecular complexity index is 1790. The maximum absolute atomic E-state index is 12.0. The van der Waals surface area contributed by atoms with Gasteiger partial charge in [0.05, 0.1) is 26.1 Å². The van der Waals surface area contributed by atoms with Crippen molar-refractivity contribution in [2.75, 3.05) is 26.1 Å². The largest absolute Gasteiger partial charge is 0.508 e. The highest BCUT2D eigenvalue weighted by atomic mass is 32.2. The molecule has 52 heavy (non-hydrogen) atoms. The van der Waals surface area contributed by atoms with E-state index in [0.717, 1.165) is 16.5 Å². The number of phenolic OH excluding ortho intramolecular Hbond substituents is 3. The second kappa shape index (κ2) is 24.3. The van der Waals surface area contributed by atoms with Crippen LogP contribution in [0.4, 0.5) is 0 Å². The normalized spacial score (nSPS) is 10.7. The molecule has 2 aromatic carbocycles. The first kappa shape index (κ1) is 49.2. The van der Waals surface area contributed by atoms with Crippen LogP contribution in [0.3, 0.4) is 0 Å². The quantitative estimate of drug-likeness (QED) is 0.0642. The summed E-state index contributed by atoms with van der Waals surface area (Å²) in [4.78, 5) is 57.0. The summed E-state index contributed by atoms with van der Waals surface area (Å²) in [6, 6.07) is 7.72. The molecule has 16 heteroatoms. The highest BCUT2D eigenvalue weighted by Crippen LogP contribution is 2.27. The van der Waals surface area contributed by atoms with Gasteiger partial charge in [0.15, 0.2) is 0 Å². The molecule has 0 aliphatic carbocycles. The molecule has 4 N–H and O–H groups in total. The molecule has 0 saturated heterocycles. The Morgan fingerprint density at radius 1 is 0.808 bits per heavy atom. The number of phenols is 3. The second-order valence-electron chi connectivity index (χ2n) is 10.9. The lowest BCUT2D eigenvalue weighted by atomic mass is 9.99. The molecule has 15 nitrogen and oxygen atoms in total. The molecule has 0 radical (unpaired) electrons. The Morgan fingerprint density at radius 2 is 1.31 bits per heavy atom. The summed E-state index contributed by atoms with van der Waals surface area (Å²) in [6.07, 6.45) is 1.34. The van der Waals surface area contributed by atoms with Crippen molar-refractivity contribution in [3.8, 4) is 17.2 Å². The van der Waals surface area contributed by atoms with Gasteiger partial charge < -0.3 is 33.9 Å². The van der Waals surface area contributed by atoms with Crippen LogP contribution in [0.15, 0.2) is 39.5 Å². The predicted molar refractivity (Wildman–Crippen MR) is 194 cm³/mol. The third-order valence-corrected chi connectivity index (χ3v) is 6.69. The van der Waals surface area contributed by atoms with Crippen molar-refractivity contribution in [3.63, 3.8) is 0 Å². The number of carbonyl (C=O) groups is 4. The number of benzene rings is 2. The molecule has 292 valence electrons. The van der Waals surface area contributed by atoms with Crippen molar-refractivity contribution in [3.05, 3.63) is 63.0 Å². The molecule has 0 bridgehead atoms. The number of ketones is 1. The Balaban J connectivity index is 0. The van der Waals surface area contributed by atoms with Gasteiger partial charge in [-0.15, -0.1) is 0 Å². The van der Waals surface area contributed by atoms with E-state index in [1.165, 1.54) is 25.1 Å². The fourth-order valence-electron chi connectivity index (χ4n) is 4.10. The van der Waals surface area contributed by atoms with Gasteiger partial charge in [-0.25, -0.2) is 4.79 Å². The van der Waals surface area contributed by atoms with Crippen molar-refractivity contribution < 1.29 is 66.1 Å². The highest BCUT2D eigenvalue weighted by Gasteiger charge is 2.25. The number of aryl methyl sites for hydroxylation is 3. The minimum atomic E-state index is -3.67. The molecule has 0 aliphatic heterocycles. The van der Waals surface area contributed by atoms with Crippen molar-refractivity contribution in [1.29, 1.82) is 0 Å². The van der Waals surface area contributed by atoms with E-state index >= 15 is 0 Å². The van der Waals surface area contributed by atoms with Crippen LogP contribution in [0, 0.1) is 26.7 Å². The first-order valence-corrected chi connectivity index (χ1v) is 17.7. The van der Waals surface area contributed by atoms with Gasteiger partial charge in [-0.1, -0.05) is 13.5 Å². The van der Waals surface area contributed by atoms with Crippen LogP contribution in [0.25, 0.3) is 11.0 Å². The fraction of sp³-hybridized carbons (Fsp3) is 0.472. The van der Waals surface area contributed by atoms with E-state index in [1.54, 1.807) is 46.8 Å². The maximum atomic E-state index is 12.0. The number of aromatic hydroxyl groups is 3. The van der Waals surface area contributed by atoms with Crippen LogP contribution >= 0.6 is 0 Å². The summed E-state index contributed by atoms with van der Waals surface area (Å²) in [5.41, 5.74) is 2.59. The van der Waals surface area contributed by atoms with Gasteiger partial charge in [-0.05, 0) is 90.1 Å². The van der Waals surface area contributed by atoms with Crippen LogP contribution in [0.5, 0.6) is 17.2 Å². The Labute approximate surface area is 304 Å². The lowest BCUT2D eigenvalue weighted by Gasteiger charge is -2.11. The molecule has 0 aliphatic rings. The van der Waals surface area contributed by atoms with Crippen molar-refractivity contribution in [1.82, 2.24) is 0 Å². The van der Waals surface area contributed by atoms with Crippen LogP contribution in [0.2, 0.25) is 0 Å². The third-order valence-electron chi connectivity index (χ3n) is 6.69. The van der Waals surface area contributed by atoms with Gasteiger partial charge >= 0.3 is 23.5 Å². The second-order valence-corrected chi connectivity index (χ2v) is 12.4. The molecule has 0 amide bonds. The first-order chi connectivity index (χ1) is 23.7. The molecule has 0 spiro atoms. The summed E-state index contributed by atoms with van der Waals surface area (Å²) < 4.78 is 45.4.